The largest absolute Gasteiger partial charge is 0.459 e. The summed E-state index contributed by atoms with van der Waals surface area (Å²) in [5.74, 6) is 1.70. The van der Waals surface area contributed by atoms with Crippen LogP contribution in [0, 0.1) is 6.92 Å². The molecule has 0 radical (unpaired) electrons. The van der Waals surface area contributed by atoms with Crippen molar-refractivity contribution in [2.75, 3.05) is 5.32 Å². The molecular formula is C27H23N3O5. The van der Waals surface area contributed by atoms with Crippen molar-refractivity contribution in [1.29, 1.82) is 0 Å². The van der Waals surface area contributed by atoms with Gasteiger partial charge in [-0.2, -0.15) is 5.10 Å². The number of rotatable bonds is 6. The van der Waals surface area contributed by atoms with E-state index >= 15 is 0 Å². The Labute approximate surface area is 201 Å². The van der Waals surface area contributed by atoms with Crippen LogP contribution in [0.5, 0.6) is 11.5 Å². The Morgan fingerprint density at radius 2 is 1.69 bits per heavy atom. The van der Waals surface area contributed by atoms with E-state index in [0.717, 1.165) is 17.7 Å². The molecule has 8 heteroatoms. The standard InChI is InChI=1S/C27H23N3O5/c1-17-24-21(29-30-26(31)23-11-6-16-33-23)9-5-10-22(24)35-25(17)27(32)28-18-12-14-20(15-13-18)34-19-7-3-2-4-8-19/h2-4,6-8,11-16H,5,9-10H2,1H3,(H,28,32)(H,30,31)/b29-21+. The molecule has 0 fully saturated rings. The Balaban J connectivity index is 1.30. The molecule has 2 amide bonds. The molecule has 35 heavy (non-hydrogen) atoms. The number of carbonyl (C=O) groups is 2. The quantitative estimate of drug-likeness (QED) is 0.353. The van der Waals surface area contributed by atoms with Crippen LogP contribution in [-0.2, 0) is 6.42 Å². The fraction of sp³-hybridized carbons (Fsp3) is 0.148. The molecule has 0 bridgehead atoms. The van der Waals surface area contributed by atoms with Gasteiger partial charge in [0, 0.05) is 23.2 Å². The van der Waals surface area contributed by atoms with Gasteiger partial charge in [0.25, 0.3) is 5.91 Å². The Kier molecular flexibility index (Phi) is 6.17. The zero-order chi connectivity index (χ0) is 24.2. The third-order valence-electron chi connectivity index (χ3n) is 5.66. The molecule has 0 aliphatic heterocycles. The summed E-state index contributed by atoms with van der Waals surface area (Å²) >= 11 is 0. The zero-order valence-electron chi connectivity index (χ0n) is 19.0. The average Bonchev–Trinajstić information content (AvgIpc) is 3.53. The normalized spacial score (nSPS) is 13.8. The highest BCUT2D eigenvalue weighted by atomic mass is 16.5. The maximum Gasteiger partial charge on any atom is 0.307 e. The maximum atomic E-state index is 13.0. The van der Waals surface area contributed by atoms with Crippen LogP contribution in [0.3, 0.4) is 0 Å². The fourth-order valence-corrected chi connectivity index (χ4v) is 4.00. The van der Waals surface area contributed by atoms with Crippen molar-refractivity contribution >= 4 is 23.2 Å². The molecule has 4 aromatic rings. The van der Waals surface area contributed by atoms with Crippen LogP contribution >= 0.6 is 0 Å². The molecule has 0 spiro atoms. The highest BCUT2D eigenvalue weighted by molar-refractivity contribution is 6.09. The molecule has 1 aliphatic carbocycles. The lowest BCUT2D eigenvalue weighted by atomic mass is 9.93. The van der Waals surface area contributed by atoms with Gasteiger partial charge in [0.1, 0.15) is 17.3 Å². The molecule has 0 saturated carbocycles. The average molecular weight is 469 g/mol. The van der Waals surface area contributed by atoms with Gasteiger partial charge in [-0.25, -0.2) is 5.43 Å². The first-order chi connectivity index (χ1) is 17.1. The Bertz CT molecular complexity index is 1370. The molecule has 8 nitrogen and oxygen atoms in total. The number of ether oxygens (including phenoxy) is 1. The van der Waals surface area contributed by atoms with E-state index in [0.29, 0.717) is 41.3 Å². The molecule has 2 N–H and O–H groups in total. The summed E-state index contributed by atoms with van der Waals surface area (Å²) in [5.41, 5.74) is 5.27. The number of amides is 2. The van der Waals surface area contributed by atoms with Crippen molar-refractivity contribution in [3.8, 4) is 11.5 Å². The number of benzene rings is 2. The second-order valence-corrected chi connectivity index (χ2v) is 8.08. The van der Waals surface area contributed by atoms with E-state index in [-0.39, 0.29) is 17.4 Å². The van der Waals surface area contributed by atoms with Crippen molar-refractivity contribution in [2.45, 2.75) is 26.2 Å². The van der Waals surface area contributed by atoms with Gasteiger partial charge in [-0.1, -0.05) is 18.2 Å². The van der Waals surface area contributed by atoms with Crippen LogP contribution in [0.2, 0.25) is 0 Å². The first-order valence-corrected chi connectivity index (χ1v) is 11.3. The van der Waals surface area contributed by atoms with E-state index in [1.54, 1.807) is 36.4 Å². The summed E-state index contributed by atoms with van der Waals surface area (Å²) in [6, 6.07) is 19.8. The topological polar surface area (TPSA) is 106 Å². The van der Waals surface area contributed by atoms with Gasteiger partial charge in [-0.15, -0.1) is 0 Å². The van der Waals surface area contributed by atoms with Gasteiger partial charge in [0.15, 0.2) is 11.5 Å². The Morgan fingerprint density at radius 3 is 2.43 bits per heavy atom. The summed E-state index contributed by atoms with van der Waals surface area (Å²) < 4.78 is 16.8. The van der Waals surface area contributed by atoms with Crippen molar-refractivity contribution in [3.05, 3.63) is 101 Å². The van der Waals surface area contributed by atoms with E-state index in [1.165, 1.54) is 6.26 Å². The van der Waals surface area contributed by atoms with Gasteiger partial charge < -0.3 is 18.9 Å². The fourth-order valence-electron chi connectivity index (χ4n) is 4.00. The second kappa shape index (κ2) is 9.72. The van der Waals surface area contributed by atoms with Gasteiger partial charge >= 0.3 is 5.91 Å². The van der Waals surface area contributed by atoms with Crippen molar-refractivity contribution in [3.63, 3.8) is 0 Å². The van der Waals surface area contributed by atoms with Gasteiger partial charge in [0.2, 0.25) is 0 Å². The molecule has 0 atom stereocenters. The molecule has 1 aliphatic rings. The second-order valence-electron chi connectivity index (χ2n) is 8.08. The highest BCUT2D eigenvalue weighted by Gasteiger charge is 2.28. The Morgan fingerprint density at radius 1 is 0.914 bits per heavy atom. The number of hydrazone groups is 1. The minimum atomic E-state index is -0.437. The first-order valence-electron chi connectivity index (χ1n) is 11.3. The van der Waals surface area contributed by atoms with E-state index in [4.69, 9.17) is 13.6 Å². The lowest BCUT2D eigenvalue weighted by Crippen LogP contribution is -2.21. The molecule has 2 aromatic carbocycles. The lowest BCUT2D eigenvalue weighted by Gasteiger charge is -2.13. The van der Waals surface area contributed by atoms with E-state index in [2.05, 4.69) is 15.8 Å². The number of carbonyl (C=O) groups excluding carboxylic acids is 2. The molecule has 5 rings (SSSR count). The van der Waals surface area contributed by atoms with Crippen LogP contribution in [0.15, 0.2) is 86.9 Å². The first kappa shape index (κ1) is 22.2. The number of hydrogen-bond donors (Lipinski definition) is 2. The number of nitrogens with zero attached hydrogens (tertiary/aromatic N) is 1. The molecule has 2 heterocycles. The summed E-state index contributed by atoms with van der Waals surface area (Å²) in [6.45, 7) is 1.82. The third kappa shape index (κ3) is 4.86. The monoisotopic (exact) mass is 469 g/mol. The Hall–Kier alpha value is -4.59. The van der Waals surface area contributed by atoms with Gasteiger partial charge in [-0.05, 0) is 68.3 Å². The molecule has 0 saturated heterocycles. The smallest absolute Gasteiger partial charge is 0.307 e. The zero-order valence-corrected chi connectivity index (χ0v) is 19.0. The minimum absolute atomic E-state index is 0.176. The number of aryl methyl sites for hydroxylation is 1. The van der Waals surface area contributed by atoms with Crippen molar-refractivity contribution in [2.24, 2.45) is 5.10 Å². The number of nitrogens with one attached hydrogen (secondary N) is 2. The summed E-state index contributed by atoms with van der Waals surface area (Å²) in [7, 11) is 0. The summed E-state index contributed by atoms with van der Waals surface area (Å²) in [4.78, 5) is 25.2. The number of fused-ring (bicyclic) bond motifs is 1. The molecular weight excluding hydrogens is 446 g/mol. The van der Waals surface area contributed by atoms with Gasteiger partial charge in [0.05, 0.1) is 12.0 Å². The predicted octanol–water partition coefficient (Wildman–Crippen LogP) is 5.70. The van der Waals surface area contributed by atoms with E-state index in [1.807, 2.05) is 37.3 Å². The van der Waals surface area contributed by atoms with E-state index in [9.17, 15) is 9.59 Å². The summed E-state index contributed by atoms with van der Waals surface area (Å²) in [6.07, 6.45) is 3.59. The number of anilines is 1. The van der Waals surface area contributed by atoms with Crippen molar-refractivity contribution in [1.82, 2.24) is 5.43 Å². The van der Waals surface area contributed by atoms with Crippen LogP contribution in [0.1, 0.15) is 50.8 Å². The SMILES string of the molecule is Cc1c(C(=O)Nc2ccc(Oc3ccccc3)cc2)oc2c1/C(=N/NC(=O)c1ccco1)CCC2. The number of para-hydroxylation sites is 1. The van der Waals surface area contributed by atoms with E-state index < -0.39 is 5.91 Å². The summed E-state index contributed by atoms with van der Waals surface area (Å²) in [5, 5.41) is 7.17. The lowest BCUT2D eigenvalue weighted by molar-refractivity contribution is 0.0926. The molecule has 2 aromatic heterocycles. The maximum absolute atomic E-state index is 13.0. The van der Waals surface area contributed by atoms with Crippen LogP contribution in [0.25, 0.3) is 0 Å². The highest BCUT2D eigenvalue weighted by Crippen LogP contribution is 2.30. The van der Waals surface area contributed by atoms with Crippen LogP contribution in [0.4, 0.5) is 5.69 Å². The van der Waals surface area contributed by atoms with Crippen molar-refractivity contribution < 1.29 is 23.2 Å². The van der Waals surface area contributed by atoms with Crippen LogP contribution < -0.4 is 15.5 Å². The predicted molar refractivity (Wildman–Crippen MR) is 130 cm³/mol. The number of hydrogen-bond acceptors (Lipinski definition) is 6. The number of furan rings is 2. The van der Waals surface area contributed by atoms with Gasteiger partial charge in [-0.3, -0.25) is 9.59 Å². The molecule has 0 unspecified atom stereocenters. The third-order valence-corrected chi connectivity index (χ3v) is 5.66. The molecule has 176 valence electrons. The van der Waals surface area contributed by atoms with Crippen LogP contribution in [-0.4, -0.2) is 17.5 Å². The minimum Gasteiger partial charge on any atom is -0.459 e.